The maximum Gasteiger partial charge on any atom is 0.255 e. The smallest absolute Gasteiger partial charge is 0.255 e. The highest BCUT2D eigenvalue weighted by molar-refractivity contribution is 6.07. The van der Waals surface area contributed by atoms with Gasteiger partial charge in [0.15, 0.2) is 0 Å². The van der Waals surface area contributed by atoms with Crippen LogP contribution in [0.1, 0.15) is 36.0 Å². The molecule has 2 fully saturated rings. The van der Waals surface area contributed by atoms with Gasteiger partial charge in [0.25, 0.3) is 5.91 Å². The summed E-state index contributed by atoms with van der Waals surface area (Å²) in [5.74, 6) is 1.41. The third-order valence-corrected chi connectivity index (χ3v) is 5.96. The average molecular weight is 408 g/mol. The molecule has 1 heterocycles. The number of nitrogens with zero attached hydrogens (tertiary/aromatic N) is 1. The number of methoxy groups -OCH3 is 1. The molecule has 0 unspecified atom stereocenters. The van der Waals surface area contributed by atoms with E-state index in [1.54, 1.807) is 37.4 Å². The SMILES string of the molecule is COc1ccc(C(=O)Nc2ccccc2NC(=O)C2CCN(CC3CC3)CC2)cc1. The third-order valence-electron chi connectivity index (χ3n) is 5.96. The molecule has 0 aromatic heterocycles. The van der Waals surface area contributed by atoms with Crippen LogP contribution in [0.4, 0.5) is 11.4 Å². The number of ether oxygens (including phenoxy) is 1. The first-order valence-electron chi connectivity index (χ1n) is 10.7. The summed E-state index contributed by atoms with van der Waals surface area (Å²) in [6.45, 7) is 3.17. The standard InChI is InChI=1S/C24H29N3O3/c1-30-20-10-8-18(9-11-20)23(28)25-21-4-2-3-5-22(21)26-24(29)19-12-14-27(15-13-19)16-17-6-7-17/h2-5,8-11,17,19H,6-7,12-16H2,1H3,(H,25,28)(H,26,29). The van der Waals surface area contributed by atoms with Crippen LogP contribution in [0.2, 0.25) is 0 Å². The summed E-state index contributed by atoms with van der Waals surface area (Å²) in [6, 6.07) is 14.2. The minimum atomic E-state index is -0.229. The second kappa shape index (κ2) is 9.30. The van der Waals surface area contributed by atoms with Gasteiger partial charge in [0.1, 0.15) is 5.75 Å². The maximum absolute atomic E-state index is 12.8. The van der Waals surface area contributed by atoms with Gasteiger partial charge < -0.3 is 20.3 Å². The van der Waals surface area contributed by atoms with Crippen molar-refractivity contribution in [2.24, 2.45) is 11.8 Å². The van der Waals surface area contributed by atoms with Crippen LogP contribution in [0.25, 0.3) is 0 Å². The van der Waals surface area contributed by atoms with E-state index in [9.17, 15) is 9.59 Å². The molecule has 2 aromatic carbocycles. The Morgan fingerprint density at radius 3 is 2.17 bits per heavy atom. The Morgan fingerprint density at radius 1 is 0.933 bits per heavy atom. The van der Waals surface area contributed by atoms with Crippen molar-refractivity contribution in [2.75, 3.05) is 37.4 Å². The summed E-state index contributed by atoms with van der Waals surface area (Å²) in [4.78, 5) is 27.9. The molecule has 1 saturated carbocycles. The normalized spacial score (nSPS) is 17.4. The lowest BCUT2D eigenvalue weighted by Crippen LogP contribution is -2.39. The number of carbonyl (C=O) groups excluding carboxylic acids is 2. The first-order chi connectivity index (χ1) is 14.6. The van der Waals surface area contributed by atoms with E-state index >= 15 is 0 Å². The Bertz CT molecular complexity index is 885. The number of anilines is 2. The van der Waals surface area contributed by atoms with Crippen LogP contribution in [-0.2, 0) is 4.79 Å². The molecular formula is C24H29N3O3. The van der Waals surface area contributed by atoms with Gasteiger partial charge in [0.05, 0.1) is 18.5 Å². The lowest BCUT2D eigenvalue weighted by atomic mass is 9.95. The van der Waals surface area contributed by atoms with E-state index < -0.39 is 0 Å². The highest BCUT2D eigenvalue weighted by Crippen LogP contribution is 2.31. The summed E-state index contributed by atoms with van der Waals surface area (Å²) >= 11 is 0. The molecule has 4 rings (SSSR count). The van der Waals surface area contributed by atoms with Crippen LogP contribution in [-0.4, -0.2) is 43.5 Å². The van der Waals surface area contributed by atoms with Gasteiger partial charge in [-0.1, -0.05) is 12.1 Å². The predicted molar refractivity (Wildman–Crippen MR) is 118 cm³/mol. The maximum atomic E-state index is 12.8. The fourth-order valence-electron chi connectivity index (χ4n) is 3.92. The molecule has 1 aliphatic heterocycles. The van der Waals surface area contributed by atoms with Crippen molar-refractivity contribution in [3.05, 3.63) is 54.1 Å². The zero-order chi connectivity index (χ0) is 20.9. The van der Waals surface area contributed by atoms with Crippen LogP contribution in [0, 0.1) is 11.8 Å². The molecule has 2 aliphatic rings. The Kier molecular flexibility index (Phi) is 6.33. The van der Waals surface area contributed by atoms with Crippen molar-refractivity contribution in [3.63, 3.8) is 0 Å². The minimum Gasteiger partial charge on any atom is -0.497 e. The molecule has 2 aromatic rings. The van der Waals surface area contributed by atoms with E-state index in [4.69, 9.17) is 4.74 Å². The van der Waals surface area contributed by atoms with Gasteiger partial charge in [-0.05, 0) is 81.1 Å². The van der Waals surface area contributed by atoms with E-state index in [1.165, 1.54) is 19.4 Å². The number of amides is 2. The Hall–Kier alpha value is -2.86. The van der Waals surface area contributed by atoms with Crippen LogP contribution >= 0.6 is 0 Å². The predicted octanol–water partition coefficient (Wildman–Crippen LogP) is 4.01. The number of likely N-dealkylation sites (tertiary alicyclic amines) is 1. The van der Waals surface area contributed by atoms with Crippen molar-refractivity contribution in [1.29, 1.82) is 0 Å². The molecule has 1 saturated heterocycles. The summed E-state index contributed by atoms with van der Waals surface area (Å²) in [7, 11) is 1.59. The first kappa shape index (κ1) is 20.4. The van der Waals surface area contributed by atoms with Crippen molar-refractivity contribution in [3.8, 4) is 5.75 Å². The quantitative estimate of drug-likeness (QED) is 0.728. The monoisotopic (exact) mass is 407 g/mol. The fourth-order valence-corrected chi connectivity index (χ4v) is 3.92. The molecular weight excluding hydrogens is 378 g/mol. The molecule has 0 atom stereocenters. The zero-order valence-electron chi connectivity index (χ0n) is 17.4. The molecule has 0 bridgehead atoms. The van der Waals surface area contributed by atoms with Crippen molar-refractivity contribution in [2.45, 2.75) is 25.7 Å². The van der Waals surface area contributed by atoms with Gasteiger partial charge in [-0.3, -0.25) is 9.59 Å². The average Bonchev–Trinajstić information content (AvgIpc) is 3.59. The van der Waals surface area contributed by atoms with Crippen molar-refractivity contribution < 1.29 is 14.3 Å². The molecule has 6 nitrogen and oxygen atoms in total. The van der Waals surface area contributed by atoms with Crippen molar-refractivity contribution >= 4 is 23.2 Å². The molecule has 1 aliphatic carbocycles. The third kappa shape index (κ3) is 5.19. The van der Waals surface area contributed by atoms with E-state index in [1.807, 2.05) is 18.2 Å². The van der Waals surface area contributed by atoms with E-state index in [0.717, 1.165) is 31.8 Å². The van der Waals surface area contributed by atoms with Gasteiger partial charge in [-0.25, -0.2) is 0 Å². The van der Waals surface area contributed by atoms with Gasteiger partial charge in [0, 0.05) is 18.0 Å². The molecule has 6 heteroatoms. The van der Waals surface area contributed by atoms with Crippen LogP contribution in [0.15, 0.2) is 48.5 Å². The fraction of sp³-hybridized carbons (Fsp3) is 0.417. The van der Waals surface area contributed by atoms with Crippen molar-refractivity contribution in [1.82, 2.24) is 4.90 Å². The summed E-state index contributed by atoms with van der Waals surface area (Å²) in [6.07, 6.45) is 4.50. The first-order valence-corrected chi connectivity index (χ1v) is 10.7. The lowest BCUT2D eigenvalue weighted by Gasteiger charge is -2.31. The van der Waals surface area contributed by atoms with Gasteiger partial charge in [0.2, 0.25) is 5.91 Å². The number of benzene rings is 2. The summed E-state index contributed by atoms with van der Waals surface area (Å²) in [5, 5.41) is 5.94. The highest BCUT2D eigenvalue weighted by atomic mass is 16.5. The molecule has 30 heavy (non-hydrogen) atoms. The van der Waals surface area contributed by atoms with Gasteiger partial charge >= 0.3 is 0 Å². The minimum absolute atomic E-state index is 0.0193. The second-order valence-electron chi connectivity index (χ2n) is 8.24. The lowest BCUT2D eigenvalue weighted by molar-refractivity contribution is -0.121. The van der Waals surface area contributed by atoms with Crippen LogP contribution < -0.4 is 15.4 Å². The number of carbonyl (C=O) groups is 2. The van der Waals surface area contributed by atoms with E-state index in [0.29, 0.717) is 22.7 Å². The number of para-hydroxylation sites is 2. The van der Waals surface area contributed by atoms with Gasteiger partial charge in [-0.15, -0.1) is 0 Å². The Morgan fingerprint density at radius 2 is 1.57 bits per heavy atom. The van der Waals surface area contributed by atoms with Gasteiger partial charge in [-0.2, -0.15) is 0 Å². The second-order valence-corrected chi connectivity index (χ2v) is 8.24. The Balaban J connectivity index is 1.35. The highest BCUT2D eigenvalue weighted by Gasteiger charge is 2.29. The van der Waals surface area contributed by atoms with Crippen LogP contribution in [0.5, 0.6) is 5.75 Å². The van der Waals surface area contributed by atoms with Crippen LogP contribution in [0.3, 0.4) is 0 Å². The summed E-state index contributed by atoms with van der Waals surface area (Å²) in [5.41, 5.74) is 1.75. The number of piperidine rings is 1. The molecule has 2 N–H and O–H groups in total. The van der Waals surface area contributed by atoms with E-state index in [2.05, 4.69) is 15.5 Å². The molecule has 158 valence electrons. The largest absolute Gasteiger partial charge is 0.497 e. The zero-order valence-corrected chi connectivity index (χ0v) is 17.4. The molecule has 2 amide bonds. The molecule has 0 radical (unpaired) electrons. The number of hydrogen-bond acceptors (Lipinski definition) is 4. The number of hydrogen-bond donors (Lipinski definition) is 2. The Labute approximate surface area is 177 Å². The summed E-state index contributed by atoms with van der Waals surface area (Å²) < 4.78 is 5.13. The molecule has 0 spiro atoms. The topological polar surface area (TPSA) is 70.7 Å². The number of rotatable bonds is 7. The number of nitrogens with one attached hydrogen (secondary N) is 2. The van der Waals surface area contributed by atoms with E-state index in [-0.39, 0.29) is 17.7 Å².